The molecule has 0 radical (unpaired) electrons. The van der Waals surface area contributed by atoms with Crippen molar-refractivity contribution < 1.29 is 36.7 Å². The van der Waals surface area contributed by atoms with Crippen molar-refractivity contribution >= 4 is 11.9 Å². The maximum Gasteiger partial charge on any atom is 0.490 e. The van der Waals surface area contributed by atoms with Crippen molar-refractivity contribution in [3.05, 3.63) is 59.1 Å². The number of benzene rings is 1. The third kappa shape index (κ3) is 5.42. The first-order chi connectivity index (χ1) is 17.8. The SMILES string of the molecule is Cc1cc(C(=O)N2CCC3(CC2)CN(C)Cc2nnc(-c4ccc(F)cc4)n23)c(C)o1.O=C(O)C(F)(F)F. The van der Waals surface area contributed by atoms with Crippen LogP contribution >= 0.6 is 0 Å². The summed E-state index contributed by atoms with van der Waals surface area (Å²) in [6.07, 6.45) is -3.48. The van der Waals surface area contributed by atoms with Gasteiger partial charge in [-0.25, -0.2) is 9.18 Å². The van der Waals surface area contributed by atoms with E-state index in [9.17, 15) is 22.4 Å². The van der Waals surface area contributed by atoms with Crippen LogP contribution in [0.2, 0.25) is 0 Å². The standard InChI is InChI=1S/C23H26FN5O2.C2HF3O2/c1-15-12-19(16(2)31-15)22(30)28-10-8-23(9-11-28)14-27(3)13-20-25-26-21(29(20)23)17-4-6-18(24)7-5-17;3-2(4,5)1(6)7/h4-7,12H,8-11,13-14H2,1-3H3;(H,6,7). The van der Waals surface area contributed by atoms with Crippen molar-refractivity contribution in [2.24, 2.45) is 0 Å². The van der Waals surface area contributed by atoms with Crippen LogP contribution in [0.15, 0.2) is 34.7 Å². The molecule has 0 bridgehead atoms. The highest BCUT2D eigenvalue weighted by atomic mass is 19.4. The molecule has 1 N–H and O–H groups in total. The van der Waals surface area contributed by atoms with Gasteiger partial charge < -0.3 is 19.0 Å². The number of nitrogens with zero attached hydrogens (tertiary/aromatic N) is 5. The van der Waals surface area contributed by atoms with Crippen LogP contribution in [0, 0.1) is 19.7 Å². The fraction of sp³-hybridized carbons (Fsp3) is 0.440. The molecule has 0 aliphatic carbocycles. The summed E-state index contributed by atoms with van der Waals surface area (Å²) in [5, 5.41) is 16.0. The molecule has 5 rings (SSSR count). The Morgan fingerprint density at radius 2 is 1.68 bits per heavy atom. The number of furan rings is 1. The maximum atomic E-state index is 13.5. The van der Waals surface area contributed by atoms with Crippen LogP contribution < -0.4 is 0 Å². The minimum absolute atomic E-state index is 0.0242. The lowest BCUT2D eigenvalue weighted by Gasteiger charge is -2.48. The lowest BCUT2D eigenvalue weighted by molar-refractivity contribution is -0.192. The zero-order valence-electron chi connectivity index (χ0n) is 21.0. The Balaban J connectivity index is 0.000000426. The van der Waals surface area contributed by atoms with E-state index in [1.54, 1.807) is 12.1 Å². The van der Waals surface area contributed by atoms with Crippen molar-refractivity contribution in [2.75, 3.05) is 26.7 Å². The van der Waals surface area contributed by atoms with Crippen molar-refractivity contribution in [3.63, 3.8) is 0 Å². The van der Waals surface area contributed by atoms with Gasteiger partial charge in [0, 0.05) is 25.2 Å². The zero-order chi connectivity index (χ0) is 27.8. The van der Waals surface area contributed by atoms with Gasteiger partial charge >= 0.3 is 12.1 Å². The third-order valence-electron chi connectivity index (χ3n) is 6.78. The second-order valence-corrected chi connectivity index (χ2v) is 9.60. The molecule has 2 aliphatic heterocycles. The Bertz CT molecular complexity index is 1320. The number of fused-ring (bicyclic) bond motifs is 2. The van der Waals surface area contributed by atoms with Gasteiger partial charge in [0.1, 0.15) is 23.2 Å². The average molecular weight is 538 g/mol. The number of aromatic nitrogens is 3. The largest absolute Gasteiger partial charge is 0.490 e. The Hall–Kier alpha value is -3.74. The summed E-state index contributed by atoms with van der Waals surface area (Å²) < 4.78 is 53.0. The van der Waals surface area contributed by atoms with E-state index in [1.807, 2.05) is 24.8 Å². The van der Waals surface area contributed by atoms with E-state index in [4.69, 9.17) is 14.3 Å². The van der Waals surface area contributed by atoms with E-state index >= 15 is 0 Å². The van der Waals surface area contributed by atoms with Gasteiger partial charge in [-0.2, -0.15) is 13.2 Å². The quantitative estimate of drug-likeness (QED) is 0.493. The maximum absolute atomic E-state index is 13.5. The molecule has 1 saturated heterocycles. The fourth-order valence-electron chi connectivity index (χ4n) is 5.10. The molecule has 1 fully saturated rings. The molecule has 0 saturated carbocycles. The number of likely N-dealkylation sites (N-methyl/N-ethyl adjacent to an activating group) is 1. The lowest BCUT2D eigenvalue weighted by atomic mass is 9.84. The Morgan fingerprint density at radius 1 is 1.08 bits per heavy atom. The molecular weight excluding hydrogens is 510 g/mol. The van der Waals surface area contributed by atoms with Crippen molar-refractivity contribution in [2.45, 2.75) is 44.9 Å². The number of piperidine rings is 1. The van der Waals surface area contributed by atoms with Gasteiger partial charge in [-0.15, -0.1) is 10.2 Å². The van der Waals surface area contributed by atoms with Crippen molar-refractivity contribution in [1.29, 1.82) is 0 Å². The minimum Gasteiger partial charge on any atom is -0.475 e. The summed E-state index contributed by atoms with van der Waals surface area (Å²) in [6.45, 7) is 6.56. The number of likely N-dealkylation sites (tertiary alicyclic amines) is 1. The average Bonchev–Trinajstić information content (AvgIpc) is 3.42. The number of carbonyl (C=O) groups excluding carboxylic acids is 1. The smallest absolute Gasteiger partial charge is 0.475 e. The normalized spacial score (nSPS) is 17.1. The summed E-state index contributed by atoms with van der Waals surface area (Å²) >= 11 is 0. The van der Waals surface area contributed by atoms with E-state index < -0.39 is 12.1 Å². The Morgan fingerprint density at radius 3 is 2.21 bits per heavy atom. The number of hydrogen-bond acceptors (Lipinski definition) is 6. The van der Waals surface area contributed by atoms with Crippen LogP contribution in [0.25, 0.3) is 11.4 Å². The van der Waals surface area contributed by atoms with Gasteiger partial charge in [-0.05, 0) is 64.1 Å². The van der Waals surface area contributed by atoms with Crippen LogP contribution in [-0.4, -0.2) is 74.4 Å². The number of amides is 1. The summed E-state index contributed by atoms with van der Waals surface area (Å²) in [4.78, 5) is 26.1. The number of rotatable bonds is 2. The number of aryl methyl sites for hydroxylation is 2. The number of carboxylic acid groups (broad SMARTS) is 1. The predicted molar refractivity (Wildman–Crippen MR) is 127 cm³/mol. The molecule has 1 spiro atoms. The molecule has 0 unspecified atom stereocenters. The Kier molecular flexibility index (Phi) is 7.33. The molecular formula is C25H27F4N5O4. The molecule has 2 aliphatic rings. The third-order valence-corrected chi connectivity index (χ3v) is 6.78. The highest BCUT2D eigenvalue weighted by molar-refractivity contribution is 5.95. The van der Waals surface area contributed by atoms with Crippen molar-refractivity contribution in [1.82, 2.24) is 24.6 Å². The molecule has 38 heavy (non-hydrogen) atoms. The molecule has 0 atom stereocenters. The molecule has 9 nitrogen and oxygen atoms in total. The summed E-state index contributed by atoms with van der Waals surface area (Å²) in [5.41, 5.74) is 1.30. The molecule has 1 aromatic carbocycles. The highest BCUT2D eigenvalue weighted by Gasteiger charge is 2.44. The molecule has 13 heteroatoms. The van der Waals surface area contributed by atoms with Gasteiger partial charge in [-0.1, -0.05) is 0 Å². The monoisotopic (exact) mass is 537 g/mol. The molecule has 4 heterocycles. The number of halogens is 4. The van der Waals surface area contributed by atoms with E-state index in [2.05, 4.69) is 26.7 Å². The van der Waals surface area contributed by atoms with Gasteiger partial charge in [0.2, 0.25) is 0 Å². The highest BCUT2D eigenvalue weighted by Crippen LogP contribution is 2.39. The first-order valence-corrected chi connectivity index (χ1v) is 11.9. The van der Waals surface area contributed by atoms with Gasteiger partial charge in [0.15, 0.2) is 5.82 Å². The number of hydrogen-bond donors (Lipinski definition) is 1. The zero-order valence-corrected chi connectivity index (χ0v) is 21.0. The van der Waals surface area contributed by atoms with Crippen LogP contribution in [0.4, 0.5) is 17.6 Å². The van der Waals surface area contributed by atoms with Crippen LogP contribution in [0.3, 0.4) is 0 Å². The molecule has 1 amide bonds. The first-order valence-electron chi connectivity index (χ1n) is 11.9. The second-order valence-electron chi connectivity index (χ2n) is 9.60. The Labute approximate surface area is 215 Å². The summed E-state index contributed by atoms with van der Waals surface area (Å²) in [7, 11) is 2.09. The summed E-state index contributed by atoms with van der Waals surface area (Å²) in [5.74, 6) is 0.0938. The fourth-order valence-corrected chi connectivity index (χ4v) is 5.10. The first kappa shape index (κ1) is 27.3. The number of alkyl halides is 3. The van der Waals surface area contributed by atoms with Gasteiger partial charge in [0.25, 0.3) is 5.91 Å². The van der Waals surface area contributed by atoms with Gasteiger partial charge in [0.05, 0.1) is 17.6 Å². The second kappa shape index (κ2) is 10.2. The number of aliphatic carboxylic acids is 1. The van der Waals surface area contributed by atoms with E-state index in [1.165, 1.54) is 12.1 Å². The van der Waals surface area contributed by atoms with Gasteiger partial charge in [-0.3, -0.25) is 9.69 Å². The lowest BCUT2D eigenvalue weighted by Crippen LogP contribution is -2.56. The van der Waals surface area contributed by atoms with Crippen LogP contribution in [-0.2, 0) is 16.9 Å². The van der Waals surface area contributed by atoms with E-state index in [0.717, 1.165) is 42.4 Å². The molecule has 204 valence electrons. The minimum atomic E-state index is -5.08. The van der Waals surface area contributed by atoms with E-state index in [0.29, 0.717) is 31.0 Å². The van der Waals surface area contributed by atoms with E-state index in [-0.39, 0.29) is 17.3 Å². The topological polar surface area (TPSA) is 105 Å². The van der Waals surface area contributed by atoms with Crippen molar-refractivity contribution in [3.8, 4) is 11.4 Å². The number of carbonyl (C=O) groups is 2. The molecule has 3 aromatic rings. The van der Waals surface area contributed by atoms with Crippen LogP contribution in [0.1, 0.15) is 40.5 Å². The summed E-state index contributed by atoms with van der Waals surface area (Å²) in [6, 6.07) is 8.23. The predicted octanol–water partition coefficient (Wildman–Crippen LogP) is 4.00. The van der Waals surface area contributed by atoms with Crippen LogP contribution in [0.5, 0.6) is 0 Å². The number of carboxylic acids is 1. The molecule has 2 aromatic heterocycles.